The smallest absolute Gasteiger partial charge is 0.00641 e. The first kappa shape index (κ1) is 6.60. The summed E-state index contributed by atoms with van der Waals surface area (Å²) in [7, 11) is 2.45. The van der Waals surface area contributed by atoms with Crippen LogP contribution in [0.5, 0.6) is 0 Å². The second-order valence-electron chi connectivity index (χ2n) is 0.985. The quantitative estimate of drug-likeness (QED) is 0.394. The van der Waals surface area contributed by atoms with Gasteiger partial charge in [0.25, 0.3) is 0 Å². The van der Waals surface area contributed by atoms with Gasteiger partial charge in [-0.3, -0.25) is 0 Å². The zero-order valence-electron chi connectivity index (χ0n) is 4.07. The van der Waals surface area contributed by atoms with Crippen molar-refractivity contribution in [3.05, 3.63) is 0 Å². The van der Waals surface area contributed by atoms with E-state index >= 15 is 0 Å². The molecular weight excluding hydrogens is 110 g/mol. The molecule has 2 heteroatoms. The molecule has 0 bridgehead atoms. The van der Waals surface area contributed by atoms with Crippen LogP contribution >= 0.6 is 16.8 Å². The lowest BCUT2D eigenvalue weighted by Crippen LogP contribution is -1.57. The first-order valence-corrected chi connectivity index (χ1v) is 4.73. The fraction of sp³-hybridized carbons (Fsp3) is 0.750. The van der Waals surface area contributed by atoms with E-state index in [1.54, 1.807) is 0 Å². The van der Waals surface area contributed by atoms with Crippen LogP contribution in [-0.4, -0.2) is 18.4 Å². The average molecular weight is 120 g/mol. The number of hydrogen-bond acceptors (Lipinski definition) is 0. The van der Waals surface area contributed by atoms with E-state index < -0.39 is 0 Å². The van der Waals surface area contributed by atoms with E-state index in [-0.39, 0.29) is 0 Å². The molecule has 0 aliphatic carbocycles. The average Bonchev–Trinajstić information content (AvgIpc) is 1.61. The van der Waals surface area contributed by atoms with Gasteiger partial charge in [0.05, 0.1) is 0 Å². The summed E-state index contributed by atoms with van der Waals surface area (Å²) in [6.07, 6.45) is 5.04. The van der Waals surface area contributed by atoms with Gasteiger partial charge in [0.15, 0.2) is 0 Å². The zero-order valence-corrected chi connectivity index (χ0v) is 5.96. The maximum atomic E-state index is 3.70. The Morgan fingerprint density at radius 1 is 1.83 bits per heavy atom. The van der Waals surface area contributed by atoms with E-state index in [1.807, 2.05) is 0 Å². The van der Waals surface area contributed by atoms with Gasteiger partial charge in [0, 0.05) is 5.90 Å². The van der Waals surface area contributed by atoms with Crippen LogP contribution in [0.4, 0.5) is 0 Å². The molecule has 0 nitrogen and oxygen atoms in total. The maximum absolute atomic E-state index is 3.70. The molecule has 0 amide bonds. The third-order valence-corrected chi connectivity index (χ3v) is 2.76. The first-order valence-electron chi connectivity index (χ1n) is 2.05. The van der Waals surface area contributed by atoms with Crippen molar-refractivity contribution in [3.8, 4) is 0 Å². The van der Waals surface area contributed by atoms with Crippen molar-refractivity contribution in [1.29, 1.82) is 0 Å². The third kappa shape index (κ3) is 4.60. The van der Waals surface area contributed by atoms with E-state index in [0.717, 1.165) is 8.58 Å². The highest BCUT2D eigenvalue weighted by Crippen LogP contribution is 2.13. The predicted molar refractivity (Wildman–Crippen MR) is 37.8 cm³/mol. The molecule has 1 atom stereocenters. The second kappa shape index (κ2) is 5.60. The Hall–Kier alpha value is 0.600. The molecule has 0 heterocycles. The fourth-order valence-corrected chi connectivity index (χ4v) is 1.72. The SMILES string of the molecule is C=PCPCC. The Kier molecular flexibility index (Phi) is 6.16. The largest absolute Gasteiger partial charge is 0.114 e. The maximum Gasteiger partial charge on any atom is 0.00641 e. The molecule has 0 fully saturated rings. The van der Waals surface area contributed by atoms with E-state index in [4.69, 9.17) is 0 Å². The van der Waals surface area contributed by atoms with Crippen molar-refractivity contribution in [2.45, 2.75) is 6.92 Å². The fourth-order valence-electron chi connectivity index (χ4n) is 0.191. The normalized spacial score (nSPS) is 11.5. The minimum absolute atomic E-state index is 1.14. The lowest BCUT2D eigenvalue weighted by molar-refractivity contribution is 1.52. The molecule has 0 radical (unpaired) electrons. The minimum atomic E-state index is 1.14. The lowest BCUT2D eigenvalue weighted by atomic mass is 11.0. The number of hydrogen-bond donors (Lipinski definition) is 0. The molecule has 0 saturated carbocycles. The zero-order chi connectivity index (χ0) is 4.83. The highest BCUT2D eigenvalue weighted by Gasteiger charge is 1.70. The molecule has 0 spiro atoms. The monoisotopic (exact) mass is 120 g/mol. The molecule has 0 saturated heterocycles. The van der Waals surface area contributed by atoms with Crippen LogP contribution in [0.15, 0.2) is 0 Å². The Morgan fingerprint density at radius 2 is 2.50 bits per heavy atom. The molecule has 0 aromatic rings. The molecule has 0 N–H and O–H groups in total. The summed E-state index contributed by atoms with van der Waals surface area (Å²) < 4.78 is 0. The van der Waals surface area contributed by atoms with Crippen LogP contribution in [0.25, 0.3) is 0 Å². The molecule has 0 rings (SSSR count). The summed E-state index contributed by atoms with van der Waals surface area (Å²) in [5, 5.41) is 0. The Labute approximate surface area is 42.9 Å². The topological polar surface area (TPSA) is 0 Å². The second-order valence-corrected chi connectivity index (χ2v) is 3.90. The van der Waals surface area contributed by atoms with Crippen molar-refractivity contribution in [1.82, 2.24) is 0 Å². The van der Waals surface area contributed by atoms with Crippen LogP contribution in [0.1, 0.15) is 6.92 Å². The highest BCUT2D eigenvalue weighted by atomic mass is 31.1. The van der Waals surface area contributed by atoms with Gasteiger partial charge in [-0.2, -0.15) is 0 Å². The van der Waals surface area contributed by atoms with Gasteiger partial charge in [-0.05, 0) is 6.16 Å². The Morgan fingerprint density at radius 3 is 2.67 bits per heavy atom. The van der Waals surface area contributed by atoms with Gasteiger partial charge < -0.3 is 0 Å². The van der Waals surface area contributed by atoms with Crippen molar-refractivity contribution >= 4 is 23.1 Å². The highest BCUT2D eigenvalue weighted by molar-refractivity contribution is 7.55. The molecule has 36 valence electrons. The van der Waals surface area contributed by atoms with Crippen LogP contribution in [0.3, 0.4) is 0 Å². The number of rotatable bonds is 3. The van der Waals surface area contributed by atoms with Crippen molar-refractivity contribution in [2.75, 3.05) is 12.1 Å². The Bertz CT molecular complexity index is 34.5. The summed E-state index contributed by atoms with van der Waals surface area (Å²) in [5.74, 6) is 1.30. The van der Waals surface area contributed by atoms with E-state index in [0.29, 0.717) is 0 Å². The van der Waals surface area contributed by atoms with Crippen molar-refractivity contribution in [2.24, 2.45) is 0 Å². The third-order valence-electron chi connectivity index (χ3n) is 0.474. The van der Waals surface area contributed by atoms with Crippen LogP contribution in [-0.2, 0) is 0 Å². The van der Waals surface area contributed by atoms with Crippen LogP contribution in [0, 0.1) is 0 Å². The van der Waals surface area contributed by atoms with Gasteiger partial charge in [0.1, 0.15) is 0 Å². The van der Waals surface area contributed by atoms with Crippen LogP contribution in [0.2, 0.25) is 0 Å². The summed E-state index contributed by atoms with van der Waals surface area (Å²) in [6, 6.07) is 0. The molecule has 0 aliphatic rings. The summed E-state index contributed by atoms with van der Waals surface area (Å²) in [4.78, 5) is 0. The molecule has 6 heavy (non-hydrogen) atoms. The Balaban J connectivity index is 2.49. The van der Waals surface area contributed by atoms with Gasteiger partial charge >= 0.3 is 0 Å². The molecule has 0 aliphatic heterocycles. The minimum Gasteiger partial charge on any atom is -0.114 e. The van der Waals surface area contributed by atoms with Gasteiger partial charge in [0.2, 0.25) is 0 Å². The van der Waals surface area contributed by atoms with Crippen LogP contribution < -0.4 is 0 Å². The van der Waals surface area contributed by atoms with Gasteiger partial charge in [-0.1, -0.05) is 13.2 Å². The van der Waals surface area contributed by atoms with E-state index in [1.165, 1.54) is 20.3 Å². The lowest BCUT2D eigenvalue weighted by Gasteiger charge is -1.82. The molecule has 0 aromatic carbocycles. The van der Waals surface area contributed by atoms with Crippen molar-refractivity contribution < 1.29 is 0 Å². The first-order chi connectivity index (χ1) is 2.91. The molecular formula is C4H10P2. The summed E-state index contributed by atoms with van der Waals surface area (Å²) in [6.45, 7) is 2.21. The molecule has 0 aromatic heterocycles. The summed E-state index contributed by atoms with van der Waals surface area (Å²) >= 11 is 0. The van der Waals surface area contributed by atoms with Gasteiger partial charge in [-0.25, -0.2) is 0 Å². The summed E-state index contributed by atoms with van der Waals surface area (Å²) in [5.41, 5.74) is 0. The van der Waals surface area contributed by atoms with E-state index in [2.05, 4.69) is 13.2 Å². The van der Waals surface area contributed by atoms with E-state index in [9.17, 15) is 0 Å². The van der Waals surface area contributed by atoms with Crippen molar-refractivity contribution in [3.63, 3.8) is 0 Å². The standard InChI is InChI=1S/C4H10P2/c1-3-6-4-5-2/h6H,2-4H2,1H3. The predicted octanol–water partition coefficient (Wildman–Crippen LogP) is 2.02. The molecule has 1 unspecified atom stereocenters. The van der Waals surface area contributed by atoms with Gasteiger partial charge in [-0.15, -0.1) is 16.8 Å².